The van der Waals surface area contributed by atoms with E-state index in [4.69, 9.17) is 13.9 Å². The molecular weight excluding hydrogens is 480 g/mol. The van der Waals surface area contributed by atoms with Crippen molar-refractivity contribution in [3.8, 4) is 28.8 Å². The standard InChI is InChI=1S/C25H26N6O4S/c1-16-11-12-22(35-16)24-26-27-25(31(24)23-20(33-3)9-7-10-21(23)34-4)29-36(32)17(2)14-18-15-19-8-5-6-13-30(19)28-18/h5-13,15,17H,14H2,1-4H3,(H,27,29). The number of nitrogens with one attached hydrogen (secondary N) is 1. The maximum absolute atomic E-state index is 13.4. The normalized spacial score (nSPS) is 13.0. The second-order valence-corrected chi connectivity index (χ2v) is 9.83. The van der Waals surface area contributed by atoms with Crippen LogP contribution in [-0.4, -0.2) is 48.4 Å². The number of fused-ring (bicyclic) bond motifs is 1. The average Bonchev–Trinajstić information content (AvgIpc) is 3.61. The molecule has 0 saturated carbocycles. The highest BCUT2D eigenvalue weighted by atomic mass is 32.2. The summed E-state index contributed by atoms with van der Waals surface area (Å²) in [4.78, 5) is 0. The van der Waals surface area contributed by atoms with E-state index in [0.29, 0.717) is 35.2 Å². The maximum atomic E-state index is 13.4. The van der Waals surface area contributed by atoms with E-state index in [-0.39, 0.29) is 11.2 Å². The molecule has 0 saturated heterocycles. The second kappa shape index (κ2) is 9.96. The Morgan fingerprint density at radius 2 is 1.83 bits per heavy atom. The molecule has 10 nitrogen and oxygen atoms in total. The number of aromatic nitrogens is 5. The van der Waals surface area contributed by atoms with E-state index in [9.17, 15) is 4.55 Å². The van der Waals surface area contributed by atoms with Crippen molar-refractivity contribution >= 4 is 22.8 Å². The summed E-state index contributed by atoms with van der Waals surface area (Å²) in [5, 5.41) is 13.0. The van der Waals surface area contributed by atoms with Gasteiger partial charge in [0.25, 0.3) is 5.95 Å². The fraction of sp³-hybridized carbons (Fsp3) is 0.240. The van der Waals surface area contributed by atoms with E-state index in [0.717, 1.165) is 17.0 Å². The highest BCUT2D eigenvalue weighted by molar-refractivity contribution is 7.93. The lowest BCUT2D eigenvalue weighted by atomic mass is 10.2. The first-order chi connectivity index (χ1) is 17.5. The molecule has 0 aliphatic heterocycles. The summed E-state index contributed by atoms with van der Waals surface area (Å²) in [5.74, 6) is 2.98. The summed E-state index contributed by atoms with van der Waals surface area (Å²) in [6, 6.07) is 16.9. The number of methoxy groups -OCH3 is 2. The lowest BCUT2D eigenvalue weighted by Gasteiger charge is -2.20. The van der Waals surface area contributed by atoms with Gasteiger partial charge in [-0.25, -0.2) is 9.08 Å². The Morgan fingerprint density at radius 1 is 1.06 bits per heavy atom. The summed E-state index contributed by atoms with van der Waals surface area (Å²) >= 11 is -1.51. The van der Waals surface area contributed by atoms with Crippen molar-refractivity contribution in [2.75, 3.05) is 18.9 Å². The van der Waals surface area contributed by atoms with Crippen LogP contribution in [0.3, 0.4) is 0 Å². The molecule has 0 aliphatic rings. The number of hydrogen-bond donors (Lipinski definition) is 1. The summed E-state index contributed by atoms with van der Waals surface area (Å²) in [6.07, 6.45) is 2.40. The minimum absolute atomic E-state index is 0.266. The molecule has 5 rings (SSSR count). The lowest BCUT2D eigenvalue weighted by Crippen LogP contribution is -2.28. The van der Waals surface area contributed by atoms with E-state index < -0.39 is 11.4 Å². The Morgan fingerprint density at radius 3 is 2.50 bits per heavy atom. The van der Waals surface area contributed by atoms with Crippen LogP contribution in [0.5, 0.6) is 11.5 Å². The van der Waals surface area contributed by atoms with Gasteiger partial charge in [-0.3, -0.25) is 0 Å². The minimum atomic E-state index is -1.51. The number of anilines is 1. The molecule has 11 heteroatoms. The number of pyridine rings is 1. The van der Waals surface area contributed by atoms with Gasteiger partial charge >= 0.3 is 0 Å². The highest BCUT2D eigenvalue weighted by Crippen LogP contribution is 2.38. The third-order valence-corrected chi connectivity index (χ3v) is 7.01. The first-order valence-corrected chi connectivity index (χ1v) is 12.5. The molecule has 0 bridgehead atoms. The number of aryl methyl sites for hydroxylation is 1. The van der Waals surface area contributed by atoms with Gasteiger partial charge in [0, 0.05) is 12.6 Å². The van der Waals surface area contributed by atoms with Crippen molar-refractivity contribution in [1.29, 1.82) is 0 Å². The summed E-state index contributed by atoms with van der Waals surface area (Å²) in [5.41, 5.74) is 2.40. The first kappa shape index (κ1) is 23.8. The topological polar surface area (TPSA) is 115 Å². The second-order valence-electron chi connectivity index (χ2n) is 8.22. The smallest absolute Gasteiger partial charge is 0.271 e. The third kappa shape index (κ3) is 4.50. The van der Waals surface area contributed by atoms with E-state index in [1.807, 2.05) is 74.6 Å². The van der Waals surface area contributed by atoms with Gasteiger partial charge in [0.05, 0.1) is 36.8 Å². The molecule has 1 N–H and O–H groups in total. The molecule has 0 spiro atoms. The lowest BCUT2D eigenvalue weighted by molar-refractivity contribution is 0.391. The van der Waals surface area contributed by atoms with Gasteiger partial charge in [0.15, 0.2) is 5.76 Å². The average molecular weight is 507 g/mol. The van der Waals surface area contributed by atoms with Crippen LogP contribution >= 0.6 is 0 Å². The third-order valence-electron chi connectivity index (χ3n) is 5.72. The van der Waals surface area contributed by atoms with Gasteiger partial charge in [-0.1, -0.05) is 12.1 Å². The van der Waals surface area contributed by atoms with Crippen LogP contribution in [0.2, 0.25) is 0 Å². The van der Waals surface area contributed by atoms with Crippen molar-refractivity contribution in [3.05, 3.63) is 72.2 Å². The first-order valence-electron chi connectivity index (χ1n) is 11.3. The molecule has 0 amide bonds. The SMILES string of the molecule is COc1cccc(OC)c1-n1c(N[S+]([O-])C(C)Cc2cc3ccccn3n2)nnc1-c1ccc(C)o1. The van der Waals surface area contributed by atoms with E-state index in [1.165, 1.54) is 0 Å². The molecule has 0 fully saturated rings. The fourth-order valence-electron chi connectivity index (χ4n) is 3.98. The molecule has 36 heavy (non-hydrogen) atoms. The predicted octanol–water partition coefficient (Wildman–Crippen LogP) is 4.21. The van der Waals surface area contributed by atoms with Gasteiger partial charge in [-0.15, -0.1) is 10.2 Å². The summed E-state index contributed by atoms with van der Waals surface area (Å²) in [6.45, 7) is 3.75. The number of benzene rings is 1. The van der Waals surface area contributed by atoms with E-state index in [2.05, 4.69) is 20.0 Å². The zero-order valence-electron chi connectivity index (χ0n) is 20.3. The molecular formula is C25H26N6O4S. The van der Waals surface area contributed by atoms with Gasteiger partial charge in [-0.05, 0) is 56.3 Å². The van der Waals surface area contributed by atoms with Gasteiger partial charge in [0.2, 0.25) is 5.82 Å². The van der Waals surface area contributed by atoms with Crippen LogP contribution in [-0.2, 0) is 17.8 Å². The van der Waals surface area contributed by atoms with Crippen LogP contribution in [0, 0.1) is 6.92 Å². The Balaban J connectivity index is 1.50. The van der Waals surface area contributed by atoms with Crippen LogP contribution in [0.4, 0.5) is 5.95 Å². The molecule has 186 valence electrons. The number of furan rings is 1. The van der Waals surface area contributed by atoms with E-state index >= 15 is 0 Å². The van der Waals surface area contributed by atoms with E-state index in [1.54, 1.807) is 23.3 Å². The molecule has 0 aliphatic carbocycles. The molecule has 5 aromatic rings. The van der Waals surface area contributed by atoms with Crippen LogP contribution in [0.1, 0.15) is 18.4 Å². The van der Waals surface area contributed by atoms with Crippen LogP contribution in [0.25, 0.3) is 22.8 Å². The molecule has 4 heterocycles. The van der Waals surface area contributed by atoms with Crippen molar-refractivity contribution in [3.63, 3.8) is 0 Å². The Kier molecular flexibility index (Phi) is 6.57. The zero-order valence-corrected chi connectivity index (χ0v) is 21.2. The molecule has 2 unspecified atom stereocenters. The van der Waals surface area contributed by atoms with Gasteiger partial charge in [0.1, 0.15) is 28.2 Å². The predicted molar refractivity (Wildman–Crippen MR) is 137 cm³/mol. The molecule has 1 aromatic carbocycles. The Bertz CT molecular complexity index is 1440. The number of nitrogens with zero attached hydrogens (tertiary/aromatic N) is 5. The van der Waals surface area contributed by atoms with Gasteiger partial charge < -0.3 is 18.4 Å². The van der Waals surface area contributed by atoms with Crippen molar-refractivity contribution < 1.29 is 18.4 Å². The number of rotatable bonds is 9. The number of ether oxygens (including phenoxy) is 2. The largest absolute Gasteiger partial charge is 0.593 e. The molecule has 2 atom stereocenters. The highest BCUT2D eigenvalue weighted by Gasteiger charge is 2.28. The summed E-state index contributed by atoms with van der Waals surface area (Å²) in [7, 11) is 3.14. The zero-order chi connectivity index (χ0) is 25.2. The molecule has 4 aromatic heterocycles. The minimum Gasteiger partial charge on any atom is -0.593 e. The van der Waals surface area contributed by atoms with Crippen LogP contribution in [0.15, 0.2) is 65.2 Å². The van der Waals surface area contributed by atoms with Crippen LogP contribution < -0.4 is 14.2 Å². The Hall–Kier alpha value is -3.96. The van der Waals surface area contributed by atoms with Crippen molar-refractivity contribution in [1.82, 2.24) is 24.4 Å². The Labute approximate surface area is 211 Å². The van der Waals surface area contributed by atoms with Crippen molar-refractivity contribution in [2.24, 2.45) is 0 Å². The van der Waals surface area contributed by atoms with Crippen molar-refractivity contribution in [2.45, 2.75) is 25.5 Å². The van der Waals surface area contributed by atoms with Gasteiger partial charge in [-0.2, -0.15) is 9.82 Å². The fourth-order valence-corrected chi connectivity index (χ4v) is 4.82. The monoisotopic (exact) mass is 506 g/mol. The number of para-hydroxylation sites is 1. The number of hydrogen-bond acceptors (Lipinski definition) is 8. The summed E-state index contributed by atoms with van der Waals surface area (Å²) < 4.78 is 37.0. The molecule has 0 radical (unpaired) electrons. The maximum Gasteiger partial charge on any atom is 0.271 e. The quantitative estimate of drug-likeness (QED) is 0.296.